The fraction of sp³-hybridized carbons (Fsp3) is 0.357. The number of nitrogens with two attached hydrogens (primary N) is 1. The first-order chi connectivity index (χ1) is 9.85. The first-order valence-corrected chi connectivity index (χ1v) is 6.24. The van der Waals surface area contributed by atoms with Crippen molar-refractivity contribution in [1.82, 2.24) is 5.32 Å². The Morgan fingerprint density at radius 3 is 2.57 bits per heavy atom. The number of rotatable bonds is 6. The first kappa shape index (κ1) is 16.6. The van der Waals surface area contributed by atoms with Crippen molar-refractivity contribution in [3.63, 3.8) is 0 Å². The van der Waals surface area contributed by atoms with E-state index >= 15 is 0 Å². The number of hydrogen-bond acceptors (Lipinski definition) is 3. The van der Waals surface area contributed by atoms with Crippen molar-refractivity contribution in [3.8, 4) is 6.07 Å². The van der Waals surface area contributed by atoms with Crippen molar-refractivity contribution in [2.45, 2.75) is 25.8 Å². The van der Waals surface area contributed by atoms with E-state index in [2.05, 4.69) is 5.32 Å². The molecular weight excluding hydrogens is 280 g/mol. The van der Waals surface area contributed by atoms with E-state index in [0.717, 1.165) is 12.1 Å². The Bertz CT molecular complexity index is 584. The first-order valence-electron chi connectivity index (χ1n) is 6.24. The highest BCUT2D eigenvalue weighted by Gasteiger charge is 2.24. The minimum Gasteiger partial charge on any atom is -0.368 e. The summed E-state index contributed by atoms with van der Waals surface area (Å²) in [6, 6.07) is 4.01. The van der Waals surface area contributed by atoms with Crippen molar-refractivity contribution < 1.29 is 18.4 Å². The van der Waals surface area contributed by atoms with Crippen LogP contribution in [0.1, 0.15) is 18.9 Å². The number of nitriles is 1. The molecule has 0 bridgehead atoms. The Balaban J connectivity index is 2.72. The number of carbonyl (C=O) groups is 2. The van der Waals surface area contributed by atoms with E-state index in [4.69, 9.17) is 11.0 Å². The second-order valence-corrected chi connectivity index (χ2v) is 4.71. The Hall–Kier alpha value is -2.49. The molecule has 0 fully saturated rings. The molecule has 21 heavy (non-hydrogen) atoms. The highest BCUT2D eigenvalue weighted by Crippen LogP contribution is 2.11. The molecule has 0 aliphatic rings. The molecular formula is C14H15F2N3O2. The number of carbonyl (C=O) groups excluding carboxylic acids is 2. The largest absolute Gasteiger partial charge is 0.368 e. The molecule has 0 aromatic heterocycles. The van der Waals surface area contributed by atoms with Crippen LogP contribution in [0.2, 0.25) is 0 Å². The lowest BCUT2D eigenvalue weighted by atomic mass is 9.98. The minimum atomic E-state index is -1.05. The maximum atomic E-state index is 13.0. The summed E-state index contributed by atoms with van der Waals surface area (Å²) in [6.07, 6.45) is -0.167. The second-order valence-electron chi connectivity index (χ2n) is 4.71. The monoisotopic (exact) mass is 295 g/mol. The van der Waals surface area contributed by atoms with E-state index in [-0.39, 0.29) is 18.4 Å². The average Bonchev–Trinajstić information content (AvgIpc) is 2.40. The fourth-order valence-electron chi connectivity index (χ4n) is 1.82. The van der Waals surface area contributed by atoms with Gasteiger partial charge in [0.15, 0.2) is 11.6 Å². The van der Waals surface area contributed by atoms with E-state index in [9.17, 15) is 18.4 Å². The van der Waals surface area contributed by atoms with Crippen LogP contribution in [-0.2, 0) is 16.0 Å². The van der Waals surface area contributed by atoms with Crippen molar-refractivity contribution in [1.29, 1.82) is 5.26 Å². The van der Waals surface area contributed by atoms with Crippen LogP contribution in [0.4, 0.5) is 8.78 Å². The Kier molecular flexibility index (Phi) is 5.79. The number of nitrogens with one attached hydrogen (secondary N) is 1. The van der Waals surface area contributed by atoms with Crippen LogP contribution in [0.3, 0.4) is 0 Å². The molecule has 0 aliphatic carbocycles. The van der Waals surface area contributed by atoms with Gasteiger partial charge in [-0.2, -0.15) is 5.26 Å². The van der Waals surface area contributed by atoms with E-state index in [1.54, 1.807) is 6.92 Å². The van der Waals surface area contributed by atoms with Gasteiger partial charge in [0, 0.05) is 6.42 Å². The van der Waals surface area contributed by atoms with Gasteiger partial charge < -0.3 is 11.1 Å². The standard InChI is InChI=1S/C14H15F2N3O2/c1-8(4-5-17)13(14(18)21)19-12(20)7-9-2-3-10(15)11(16)6-9/h2-3,6,8,13H,4,7H2,1H3,(H2,18,21)(H,19,20)/t8-,13-/m0/s1. The molecule has 112 valence electrons. The Labute approximate surface area is 120 Å². The van der Waals surface area contributed by atoms with Gasteiger partial charge in [0.2, 0.25) is 11.8 Å². The predicted octanol–water partition coefficient (Wildman–Crippen LogP) is 1.03. The zero-order valence-corrected chi connectivity index (χ0v) is 11.4. The Morgan fingerprint density at radius 1 is 1.38 bits per heavy atom. The summed E-state index contributed by atoms with van der Waals surface area (Å²) in [5.74, 6) is -3.81. The maximum Gasteiger partial charge on any atom is 0.240 e. The third kappa shape index (κ3) is 4.84. The van der Waals surface area contributed by atoms with Crippen molar-refractivity contribution in [2.24, 2.45) is 11.7 Å². The SMILES string of the molecule is C[C@@H](CC#N)[C@H](NC(=O)Cc1ccc(F)c(F)c1)C(N)=O. The van der Waals surface area contributed by atoms with E-state index < -0.39 is 35.4 Å². The van der Waals surface area contributed by atoms with E-state index in [1.165, 1.54) is 6.07 Å². The molecule has 5 nitrogen and oxygen atoms in total. The molecule has 0 heterocycles. The van der Waals surface area contributed by atoms with Crippen LogP contribution in [-0.4, -0.2) is 17.9 Å². The van der Waals surface area contributed by atoms with Crippen LogP contribution in [0.5, 0.6) is 0 Å². The van der Waals surface area contributed by atoms with Crippen LogP contribution in [0.25, 0.3) is 0 Å². The number of primary amides is 1. The van der Waals surface area contributed by atoms with Gasteiger partial charge in [-0.05, 0) is 23.6 Å². The van der Waals surface area contributed by atoms with Gasteiger partial charge >= 0.3 is 0 Å². The van der Waals surface area contributed by atoms with Gasteiger partial charge in [0.1, 0.15) is 6.04 Å². The van der Waals surface area contributed by atoms with Crippen LogP contribution in [0.15, 0.2) is 18.2 Å². The zero-order chi connectivity index (χ0) is 16.0. The molecule has 0 saturated carbocycles. The molecule has 3 N–H and O–H groups in total. The van der Waals surface area contributed by atoms with Gasteiger partial charge in [-0.25, -0.2) is 8.78 Å². The van der Waals surface area contributed by atoms with E-state index in [0.29, 0.717) is 0 Å². The van der Waals surface area contributed by atoms with Crippen LogP contribution >= 0.6 is 0 Å². The van der Waals surface area contributed by atoms with Gasteiger partial charge in [-0.15, -0.1) is 0 Å². The minimum absolute atomic E-state index is 0.0546. The van der Waals surface area contributed by atoms with Gasteiger partial charge in [0.25, 0.3) is 0 Å². The molecule has 0 radical (unpaired) electrons. The number of nitrogens with zero attached hydrogens (tertiary/aromatic N) is 1. The van der Waals surface area contributed by atoms with Crippen LogP contribution in [0, 0.1) is 28.9 Å². The van der Waals surface area contributed by atoms with E-state index in [1.807, 2.05) is 6.07 Å². The second kappa shape index (κ2) is 7.33. The van der Waals surface area contributed by atoms with Crippen molar-refractivity contribution in [2.75, 3.05) is 0 Å². The summed E-state index contributed by atoms with van der Waals surface area (Å²) in [4.78, 5) is 23.1. The molecule has 0 saturated heterocycles. The Morgan fingerprint density at radius 2 is 2.05 bits per heavy atom. The molecule has 0 aliphatic heterocycles. The lowest BCUT2D eigenvalue weighted by Crippen LogP contribution is -2.48. The molecule has 1 rings (SSSR count). The van der Waals surface area contributed by atoms with Gasteiger partial charge in [0.05, 0.1) is 12.5 Å². The molecule has 1 aromatic rings. The summed E-state index contributed by atoms with van der Waals surface area (Å²) >= 11 is 0. The average molecular weight is 295 g/mol. The summed E-state index contributed by atoms with van der Waals surface area (Å²) in [5, 5.41) is 11.0. The molecule has 2 atom stereocenters. The highest BCUT2D eigenvalue weighted by atomic mass is 19.2. The smallest absolute Gasteiger partial charge is 0.240 e. The van der Waals surface area contributed by atoms with Crippen LogP contribution < -0.4 is 11.1 Å². The molecule has 2 amide bonds. The predicted molar refractivity (Wildman–Crippen MR) is 70.6 cm³/mol. The fourth-order valence-corrected chi connectivity index (χ4v) is 1.82. The third-order valence-electron chi connectivity index (χ3n) is 2.95. The summed E-state index contributed by atoms with van der Waals surface area (Å²) in [5.41, 5.74) is 5.45. The van der Waals surface area contributed by atoms with Gasteiger partial charge in [-0.3, -0.25) is 9.59 Å². The molecule has 0 spiro atoms. The lowest BCUT2D eigenvalue weighted by molar-refractivity contribution is -0.128. The molecule has 0 unspecified atom stereocenters. The number of benzene rings is 1. The lowest BCUT2D eigenvalue weighted by Gasteiger charge is -2.20. The number of hydrogen-bond donors (Lipinski definition) is 2. The quantitative estimate of drug-likeness (QED) is 0.820. The van der Waals surface area contributed by atoms with Gasteiger partial charge in [-0.1, -0.05) is 13.0 Å². The normalized spacial score (nSPS) is 13.0. The topological polar surface area (TPSA) is 96.0 Å². The summed E-state index contributed by atoms with van der Waals surface area (Å²) < 4.78 is 25.8. The number of halogens is 2. The summed E-state index contributed by atoms with van der Waals surface area (Å²) in [6.45, 7) is 1.61. The third-order valence-corrected chi connectivity index (χ3v) is 2.95. The highest BCUT2D eigenvalue weighted by molar-refractivity contribution is 5.87. The zero-order valence-electron chi connectivity index (χ0n) is 11.4. The molecule has 1 aromatic carbocycles. The summed E-state index contributed by atoms with van der Waals surface area (Å²) in [7, 11) is 0. The van der Waals surface area contributed by atoms with Crippen molar-refractivity contribution >= 4 is 11.8 Å². The van der Waals surface area contributed by atoms with Crippen molar-refractivity contribution in [3.05, 3.63) is 35.4 Å². The number of amides is 2. The molecule has 7 heteroatoms. The maximum absolute atomic E-state index is 13.0.